The molecule has 6 aliphatic carbocycles. The Balaban J connectivity index is 0.000000164. The van der Waals surface area contributed by atoms with Crippen LogP contribution >= 0.6 is 0 Å². The Kier molecular flexibility index (Phi) is 11.9. The molecule has 1 atom stereocenters. The molecule has 2 fully saturated rings. The first-order valence-corrected chi connectivity index (χ1v) is 20.7. The second kappa shape index (κ2) is 16.0. The van der Waals surface area contributed by atoms with Crippen molar-refractivity contribution in [3.63, 3.8) is 0 Å². The summed E-state index contributed by atoms with van der Waals surface area (Å²) < 4.78 is 16.9. The van der Waals surface area contributed by atoms with Gasteiger partial charge in [-0.05, 0) is 133 Å². The second-order valence-electron chi connectivity index (χ2n) is 16.2. The van der Waals surface area contributed by atoms with Crippen molar-refractivity contribution in [3.05, 3.63) is 68.8 Å². The third-order valence-corrected chi connectivity index (χ3v) is 13.2. The van der Waals surface area contributed by atoms with E-state index in [1.807, 2.05) is 6.07 Å². The summed E-state index contributed by atoms with van der Waals surface area (Å²) in [6.07, 6.45) is 20.7. The number of rotatable bonds is 6. The van der Waals surface area contributed by atoms with E-state index < -0.39 is 32.2 Å². The summed E-state index contributed by atoms with van der Waals surface area (Å²) in [5.74, 6) is -0.287. The van der Waals surface area contributed by atoms with Crippen LogP contribution in [0.2, 0.25) is 0 Å². The second-order valence-corrected chi connectivity index (χ2v) is 16.5. The summed E-state index contributed by atoms with van der Waals surface area (Å²) >= 11 is -1.62. The zero-order chi connectivity index (χ0) is 36.4. The van der Waals surface area contributed by atoms with Crippen LogP contribution in [0.1, 0.15) is 150 Å². The molecule has 6 aliphatic rings. The number of carbonyl (C=O) groups excluding carboxylic acids is 4. The minimum absolute atomic E-state index is 0.182. The van der Waals surface area contributed by atoms with E-state index in [1.54, 1.807) is 12.1 Å². The Hall–Kier alpha value is -2.84. The SMILES string of the molecule is CCCC1CCC(C2Cc3cc4c(cc3C2)C(=O)C(=O)C4)CC1.CCCC1CCC(C2Cc3cc4c(cc3C2)C(=O)C(O)(O)C4=O)CC1.O=[Se]=O. The van der Waals surface area contributed by atoms with Crippen LogP contribution in [0.3, 0.4) is 0 Å². The van der Waals surface area contributed by atoms with E-state index in [0.29, 0.717) is 17.9 Å². The maximum absolute atomic E-state index is 12.1. The van der Waals surface area contributed by atoms with Crippen LogP contribution in [-0.4, -0.2) is 54.0 Å². The molecule has 1 unspecified atom stereocenters. The Labute approximate surface area is 307 Å². The van der Waals surface area contributed by atoms with Gasteiger partial charge in [0.2, 0.25) is 23.1 Å². The predicted molar refractivity (Wildman–Crippen MR) is 191 cm³/mol. The van der Waals surface area contributed by atoms with Crippen molar-refractivity contribution in [1.29, 1.82) is 0 Å². The molecule has 2 N–H and O–H groups in total. The van der Waals surface area contributed by atoms with Crippen molar-refractivity contribution >= 4 is 38.0 Å². The van der Waals surface area contributed by atoms with Gasteiger partial charge in [0.05, 0.1) is 0 Å². The Bertz CT molecular complexity index is 1670. The molecule has 274 valence electrons. The van der Waals surface area contributed by atoms with E-state index in [0.717, 1.165) is 72.0 Å². The van der Waals surface area contributed by atoms with Gasteiger partial charge in [0.25, 0.3) is 5.79 Å². The molecule has 0 amide bonds. The standard InChI is InChI=1S/C21H26O4.C21H26O2.O2Se/c1-2-3-12-4-6-13(7-5-12)14-8-15-10-17-18(11-16(15)9-14)20(23)21(24,25)19(17)22;1-2-3-13-4-6-14(7-5-13)15-8-16-10-18-12-20(22)21(23)19(18)11-17(16)9-15;1-3-2/h10-14,24-25H,2-9H2,1H3;10-11,13-15H,2-9,12H2,1H3;. The molecular formula is C42H52O8Se. The average Bonchev–Trinajstić information content (AvgIpc) is 3.85. The molecule has 0 aromatic heterocycles. The molecule has 0 aliphatic heterocycles. The summed E-state index contributed by atoms with van der Waals surface area (Å²) in [6, 6.07) is 7.68. The number of ketones is 4. The number of carbonyl (C=O) groups is 4. The molecule has 51 heavy (non-hydrogen) atoms. The average molecular weight is 764 g/mol. The van der Waals surface area contributed by atoms with E-state index in [2.05, 4.69) is 19.9 Å². The first-order chi connectivity index (χ1) is 24.5. The van der Waals surface area contributed by atoms with Crippen molar-refractivity contribution in [3.8, 4) is 0 Å². The fourth-order valence-electron chi connectivity index (χ4n) is 10.5. The number of aliphatic hydroxyl groups is 2. The molecule has 0 spiro atoms. The van der Waals surface area contributed by atoms with Crippen LogP contribution in [-0.2, 0) is 44.6 Å². The van der Waals surface area contributed by atoms with Gasteiger partial charge in [-0.25, -0.2) is 0 Å². The van der Waals surface area contributed by atoms with Gasteiger partial charge in [-0.15, -0.1) is 0 Å². The van der Waals surface area contributed by atoms with Crippen LogP contribution in [0.5, 0.6) is 0 Å². The van der Waals surface area contributed by atoms with Gasteiger partial charge in [0.1, 0.15) is 0 Å². The van der Waals surface area contributed by atoms with Crippen molar-refractivity contribution in [2.75, 3.05) is 0 Å². The molecule has 8 nitrogen and oxygen atoms in total. The number of hydrogen-bond donors (Lipinski definition) is 2. The van der Waals surface area contributed by atoms with Crippen LogP contribution in [0, 0.1) is 35.5 Å². The summed E-state index contributed by atoms with van der Waals surface area (Å²) in [5.41, 5.74) is 7.00. The molecule has 0 radical (unpaired) electrons. The maximum atomic E-state index is 12.1. The van der Waals surface area contributed by atoms with Crippen molar-refractivity contribution in [2.45, 2.75) is 129 Å². The normalized spacial score (nSPS) is 27.5. The van der Waals surface area contributed by atoms with Gasteiger partial charge in [0.15, 0.2) is 0 Å². The Morgan fingerprint density at radius 1 is 0.569 bits per heavy atom. The van der Waals surface area contributed by atoms with Crippen molar-refractivity contribution in [1.82, 2.24) is 0 Å². The van der Waals surface area contributed by atoms with Gasteiger partial charge in [-0.1, -0.05) is 71.3 Å². The Morgan fingerprint density at radius 2 is 0.941 bits per heavy atom. The van der Waals surface area contributed by atoms with Gasteiger partial charge in [-0.3, -0.25) is 19.2 Å². The first kappa shape index (κ1) is 37.9. The van der Waals surface area contributed by atoms with Crippen LogP contribution < -0.4 is 0 Å². The van der Waals surface area contributed by atoms with E-state index >= 15 is 0 Å². The van der Waals surface area contributed by atoms with Gasteiger partial charge in [0, 0.05) is 23.1 Å². The molecule has 2 aromatic carbocycles. The summed E-state index contributed by atoms with van der Waals surface area (Å²) in [5, 5.41) is 19.4. The summed E-state index contributed by atoms with van der Waals surface area (Å²) in [4.78, 5) is 47.7. The zero-order valence-corrected chi connectivity index (χ0v) is 31.8. The number of hydrogen-bond acceptors (Lipinski definition) is 8. The van der Waals surface area contributed by atoms with E-state index in [4.69, 9.17) is 7.67 Å². The van der Waals surface area contributed by atoms with Crippen LogP contribution in [0.15, 0.2) is 24.3 Å². The molecule has 9 heteroatoms. The molecule has 8 rings (SSSR count). The quantitative estimate of drug-likeness (QED) is 0.142. The van der Waals surface area contributed by atoms with E-state index in [9.17, 15) is 29.4 Å². The number of Topliss-reactive ketones (excluding diaryl/α,β-unsaturated/α-hetero) is 4. The first-order valence-electron chi connectivity index (χ1n) is 19.3. The zero-order valence-electron chi connectivity index (χ0n) is 30.0. The van der Waals surface area contributed by atoms with Gasteiger partial charge in [-0.2, -0.15) is 0 Å². The predicted octanol–water partition coefficient (Wildman–Crippen LogP) is 6.77. The molecular weight excluding hydrogens is 711 g/mol. The van der Waals surface area contributed by atoms with Crippen molar-refractivity contribution < 1.29 is 37.1 Å². The van der Waals surface area contributed by atoms with E-state index in [1.165, 1.54) is 88.2 Å². The fourth-order valence-corrected chi connectivity index (χ4v) is 10.5. The molecule has 2 saturated carbocycles. The number of benzene rings is 2. The number of fused-ring (bicyclic) bond motifs is 4. The fraction of sp³-hybridized carbons (Fsp3) is 0.619. The van der Waals surface area contributed by atoms with Gasteiger partial charge < -0.3 is 10.2 Å². The Morgan fingerprint density at radius 3 is 1.33 bits per heavy atom. The molecule has 0 saturated heterocycles. The topological polar surface area (TPSA) is 143 Å². The molecule has 2 aromatic rings. The third-order valence-electron chi connectivity index (χ3n) is 13.2. The van der Waals surface area contributed by atoms with Crippen LogP contribution in [0.25, 0.3) is 0 Å². The monoisotopic (exact) mass is 764 g/mol. The summed E-state index contributed by atoms with van der Waals surface area (Å²) in [7, 11) is 0. The molecule has 0 heterocycles. The third kappa shape index (κ3) is 7.78. The minimum atomic E-state index is -2.87. The van der Waals surface area contributed by atoms with Gasteiger partial charge >= 0.3 is 22.5 Å². The molecule has 0 bridgehead atoms. The van der Waals surface area contributed by atoms with Crippen molar-refractivity contribution in [2.24, 2.45) is 35.5 Å². The summed E-state index contributed by atoms with van der Waals surface area (Å²) in [6.45, 7) is 4.56. The van der Waals surface area contributed by atoms with Crippen LogP contribution in [0.4, 0.5) is 0 Å². The van der Waals surface area contributed by atoms with E-state index in [-0.39, 0.29) is 22.7 Å².